The molecular weight excluding hydrogens is 272 g/mol. The van der Waals surface area contributed by atoms with Crippen molar-refractivity contribution < 1.29 is 14.6 Å². The topological polar surface area (TPSA) is 38.7 Å². The first-order valence-electron chi connectivity index (χ1n) is 6.66. The normalized spacial score (nSPS) is 18.4. The first-order valence-corrected chi connectivity index (χ1v) is 7.54. The zero-order chi connectivity index (χ0) is 14.2. The summed E-state index contributed by atoms with van der Waals surface area (Å²) in [6.07, 6.45) is -0.611. The number of hydrogen-bond acceptors (Lipinski definition) is 4. The highest BCUT2D eigenvalue weighted by atomic mass is 32.1. The summed E-state index contributed by atoms with van der Waals surface area (Å²) in [6, 6.07) is 9.52. The van der Waals surface area contributed by atoms with Crippen molar-refractivity contribution >= 4 is 11.3 Å². The van der Waals surface area contributed by atoms with Crippen molar-refractivity contribution in [3.05, 3.63) is 46.2 Å². The number of rotatable bonds is 2. The minimum atomic E-state index is -0.611. The van der Waals surface area contributed by atoms with E-state index >= 15 is 0 Å². The highest BCUT2D eigenvalue weighted by molar-refractivity contribution is 7.10. The van der Waals surface area contributed by atoms with E-state index in [-0.39, 0.29) is 5.41 Å². The highest BCUT2D eigenvalue weighted by Crippen LogP contribution is 2.37. The molecule has 0 aliphatic carbocycles. The molecule has 0 radical (unpaired) electrons. The Balaban J connectivity index is 1.89. The van der Waals surface area contributed by atoms with Gasteiger partial charge in [-0.3, -0.25) is 0 Å². The van der Waals surface area contributed by atoms with Crippen LogP contribution >= 0.6 is 11.3 Å². The van der Waals surface area contributed by atoms with E-state index in [2.05, 4.69) is 13.8 Å². The first-order chi connectivity index (χ1) is 9.55. The minimum absolute atomic E-state index is 0.00838. The van der Waals surface area contributed by atoms with Crippen molar-refractivity contribution in [3.63, 3.8) is 0 Å². The van der Waals surface area contributed by atoms with Gasteiger partial charge in [0.15, 0.2) is 11.5 Å². The molecule has 1 atom stereocenters. The monoisotopic (exact) mass is 290 g/mol. The third-order valence-corrected chi connectivity index (χ3v) is 4.26. The summed E-state index contributed by atoms with van der Waals surface area (Å²) in [5, 5.41) is 12.3. The van der Waals surface area contributed by atoms with Crippen LogP contribution in [0.2, 0.25) is 0 Å². The van der Waals surface area contributed by atoms with E-state index in [1.54, 1.807) is 11.3 Å². The van der Waals surface area contributed by atoms with E-state index < -0.39 is 6.10 Å². The number of aliphatic hydroxyl groups is 1. The van der Waals surface area contributed by atoms with E-state index in [1.165, 1.54) is 0 Å². The standard InChI is InChI=1S/C16H18O3S/c1-16(2)9-18-12-6-5-11(8-13(12)19-10-16)15(17)14-4-3-7-20-14/h3-8,15,17H,9-10H2,1-2H3/t15-/m1/s1. The van der Waals surface area contributed by atoms with Crippen LogP contribution in [0.5, 0.6) is 11.5 Å². The Bertz CT molecular complexity index is 590. The predicted molar refractivity (Wildman–Crippen MR) is 79.6 cm³/mol. The second-order valence-corrected chi connectivity index (χ2v) is 6.84. The van der Waals surface area contributed by atoms with Gasteiger partial charge >= 0.3 is 0 Å². The van der Waals surface area contributed by atoms with Crippen molar-refractivity contribution in [1.29, 1.82) is 0 Å². The van der Waals surface area contributed by atoms with Crippen molar-refractivity contribution in [1.82, 2.24) is 0 Å². The van der Waals surface area contributed by atoms with Gasteiger partial charge in [-0.25, -0.2) is 0 Å². The second kappa shape index (κ2) is 5.11. The molecule has 106 valence electrons. The first kappa shape index (κ1) is 13.5. The molecule has 0 fully saturated rings. The lowest BCUT2D eigenvalue weighted by Crippen LogP contribution is -2.26. The lowest BCUT2D eigenvalue weighted by molar-refractivity contribution is 0.140. The van der Waals surface area contributed by atoms with Gasteiger partial charge in [-0.2, -0.15) is 0 Å². The summed E-state index contributed by atoms with van der Waals surface area (Å²) in [6.45, 7) is 5.46. The molecule has 1 aliphatic heterocycles. The zero-order valence-electron chi connectivity index (χ0n) is 11.6. The molecule has 0 amide bonds. The number of benzene rings is 1. The number of hydrogen-bond donors (Lipinski definition) is 1. The SMILES string of the molecule is CC1(C)COc2ccc([C@@H](O)c3cccs3)cc2OC1. The molecule has 3 rings (SSSR count). The lowest BCUT2D eigenvalue weighted by atomic mass is 9.97. The Morgan fingerprint density at radius 2 is 1.90 bits per heavy atom. The maximum Gasteiger partial charge on any atom is 0.161 e. The average Bonchev–Trinajstić information content (AvgIpc) is 2.92. The number of thiophene rings is 1. The Labute approximate surface area is 122 Å². The van der Waals surface area contributed by atoms with E-state index in [4.69, 9.17) is 9.47 Å². The quantitative estimate of drug-likeness (QED) is 0.918. The Morgan fingerprint density at radius 1 is 1.15 bits per heavy atom. The average molecular weight is 290 g/mol. The summed E-state index contributed by atoms with van der Waals surface area (Å²) >= 11 is 1.55. The van der Waals surface area contributed by atoms with Gasteiger partial charge in [0.2, 0.25) is 0 Å². The van der Waals surface area contributed by atoms with Crippen LogP contribution in [0.15, 0.2) is 35.7 Å². The molecule has 0 bridgehead atoms. The van der Waals surface area contributed by atoms with Crippen LogP contribution in [0.3, 0.4) is 0 Å². The number of ether oxygens (including phenoxy) is 2. The Kier molecular flexibility index (Phi) is 3.44. The second-order valence-electron chi connectivity index (χ2n) is 5.87. The largest absolute Gasteiger partial charge is 0.489 e. The van der Waals surface area contributed by atoms with Crippen LogP contribution in [-0.4, -0.2) is 18.3 Å². The lowest BCUT2D eigenvalue weighted by Gasteiger charge is -2.19. The fraction of sp³-hybridized carbons (Fsp3) is 0.375. The van der Waals surface area contributed by atoms with Gasteiger partial charge < -0.3 is 14.6 Å². The minimum Gasteiger partial charge on any atom is -0.489 e. The molecule has 2 aromatic rings. The summed E-state index contributed by atoms with van der Waals surface area (Å²) in [5.41, 5.74) is 0.820. The van der Waals surface area contributed by atoms with Gasteiger partial charge in [0, 0.05) is 10.3 Å². The van der Waals surface area contributed by atoms with Gasteiger partial charge in [0.05, 0.1) is 13.2 Å². The maximum absolute atomic E-state index is 10.4. The molecule has 0 saturated heterocycles. The molecule has 1 aromatic heterocycles. The van der Waals surface area contributed by atoms with Crippen molar-refractivity contribution in [2.45, 2.75) is 20.0 Å². The smallest absolute Gasteiger partial charge is 0.161 e. The molecule has 1 aromatic carbocycles. The fourth-order valence-corrected chi connectivity index (χ4v) is 2.86. The van der Waals surface area contributed by atoms with Crippen LogP contribution in [0.1, 0.15) is 30.4 Å². The fourth-order valence-electron chi connectivity index (χ4n) is 2.13. The van der Waals surface area contributed by atoms with E-state index in [0.29, 0.717) is 19.0 Å². The number of fused-ring (bicyclic) bond motifs is 1. The van der Waals surface area contributed by atoms with E-state index in [9.17, 15) is 5.11 Å². The van der Waals surface area contributed by atoms with Crippen LogP contribution in [0, 0.1) is 5.41 Å². The predicted octanol–water partition coefficient (Wildman–Crippen LogP) is 3.63. The molecule has 1 aliphatic rings. The summed E-state index contributed by atoms with van der Waals surface area (Å²) in [5.74, 6) is 1.46. The third kappa shape index (κ3) is 2.67. The summed E-state index contributed by atoms with van der Waals surface area (Å²) < 4.78 is 11.6. The van der Waals surface area contributed by atoms with Crippen LogP contribution in [-0.2, 0) is 0 Å². The molecule has 1 N–H and O–H groups in total. The highest BCUT2D eigenvalue weighted by Gasteiger charge is 2.26. The van der Waals surface area contributed by atoms with E-state index in [1.807, 2.05) is 35.7 Å². The molecule has 0 unspecified atom stereocenters. The third-order valence-electron chi connectivity index (χ3n) is 3.33. The molecule has 2 heterocycles. The van der Waals surface area contributed by atoms with Gasteiger partial charge in [-0.05, 0) is 29.1 Å². The van der Waals surface area contributed by atoms with Crippen LogP contribution in [0.4, 0.5) is 0 Å². The van der Waals surface area contributed by atoms with Crippen LogP contribution < -0.4 is 9.47 Å². The van der Waals surface area contributed by atoms with Gasteiger partial charge in [0.1, 0.15) is 6.10 Å². The Morgan fingerprint density at radius 3 is 2.60 bits per heavy atom. The summed E-state index contributed by atoms with van der Waals surface area (Å²) in [4.78, 5) is 0.930. The summed E-state index contributed by atoms with van der Waals surface area (Å²) in [7, 11) is 0. The maximum atomic E-state index is 10.4. The van der Waals surface area contributed by atoms with Crippen LogP contribution in [0.25, 0.3) is 0 Å². The van der Waals surface area contributed by atoms with Gasteiger partial charge in [-0.15, -0.1) is 11.3 Å². The van der Waals surface area contributed by atoms with Crippen molar-refractivity contribution in [2.24, 2.45) is 5.41 Å². The molecular formula is C16H18O3S. The Hall–Kier alpha value is -1.52. The zero-order valence-corrected chi connectivity index (χ0v) is 12.4. The molecule has 3 nitrogen and oxygen atoms in total. The van der Waals surface area contributed by atoms with Crippen molar-refractivity contribution in [2.75, 3.05) is 13.2 Å². The van der Waals surface area contributed by atoms with E-state index in [0.717, 1.165) is 16.2 Å². The van der Waals surface area contributed by atoms with Gasteiger partial charge in [-0.1, -0.05) is 26.0 Å². The molecule has 0 saturated carbocycles. The molecule has 4 heteroatoms. The molecule has 0 spiro atoms. The van der Waals surface area contributed by atoms with Gasteiger partial charge in [0.25, 0.3) is 0 Å². The van der Waals surface area contributed by atoms with Crippen molar-refractivity contribution in [3.8, 4) is 11.5 Å². The number of aliphatic hydroxyl groups excluding tert-OH is 1. The molecule has 20 heavy (non-hydrogen) atoms.